The van der Waals surface area contributed by atoms with Gasteiger partial charge in [0.15, 0.2) is 0 Å². The van der Waals surface area contributed by atoms with E-state index in [1.165, 1.54) is 6.07 Å². The average molecular weight is 357 g/mol. The van der Waals surface area contributed by atoms with Crippen molar-refractivity contribution >= 4 is 21.8 Å². The molecule has 0 fully saturated rings. The number of aliphatic imine (C=N–C) groups is 1. The molecule has 1 heterocycles. The Balaban J connectivity index is 1.57. The summed E-state index contributed by atoms with van der Waals surface area (Å²) in [6, 6.07) is 14.5. The first kappa shape index (κ1) is 17.2. The fourth-order valence-electron chi connectivity index (χ4n) is 2.61. The summed E-state index contributed by atoms with van der Waals surface area (Å²) in [5.41, 5.74) is 2.74. The molecule has 7 heteroatoms. The zero-order chi connectivity index (χ0) is 17.9. The molecule has 0 unspecified atom stereocenters. The lowest BCUT2D eigenvalue weighted by Crippen LogP contribution is -2.25. The van der Waals surface area contributed by atoms with Crippen LogP contribution in [0.5, 0.6) is 0 Å². The van der Waals surface area contributed by atoms with Gasteiger partial charge in [-0.3, -0.25) is 14.5 Å². The van der Waals surface area contributed by atoms with Gasteiger partial charge in [-0.15, -0.1) is 0 Å². The number of amides is 1. The van der Waals surface area contributed by atoms with Gasteiger partial charge in [0, 0.05) is 18.5 Å². The maximum Gasteiger partial charge on any atom is 0.263 e. The molecule has 130 valence electrons. The van der Waals surface area contributed by atoms with E-state index < -0.39 is 10.0 Å². The summed E-state index contributed by atoms with van der Waals surface area (Å²) in [6.45, 7) is 2.68. The molecule has 0 spiro atoms. The smallest absolute Gasteiger partial charge is 0.263 e. The van der Waals surface area contributed by atoms with E-state index in [2.05, 4.69) is 15.0 Å². The second kappa shape index (κ2) is 7.06. The fraction of sp³-hybridized carbons (Fsp3) is 0.222. The largest absolute Gasteiger partial charge is 0.352 e. The number of rotatable bonds is 5. The van der Waals surface area contributed by atoms with Crippen molar-refractivity contribution in [2.24, 2.45) is 4.99 Å². The number of carbonyl (C=O) groups excluding carboxylic acids is 1. The Kier molecular flexibility index (Phi) is 4.85. The van der Waals surface area contributed by atoms with Gasteiger partial charge in [0.25, 0.3) is 10.0 Å². The molecule has 25 heavy (non-hydrogen) atoms. The Labute approximate surface area is 147 Å². The Morgan fingerprint density at radius 2 is 1.84 bits per heavy atom. The summed E-state index contributed by atoms with van der Waals surface area (Å²) < 4.78 is 26.4. The van der Waals surface area contributed by atoms with Crippen molar-refractivity contribution in [1.29, 1.82) is 0 Å². The number of aryl methyl sites for hydroxylation is 1. The molecule has 0 saturated heterocycles. The summed E-state index contributed by atoms with van der Waals surface area (Å²) in [7, 11) is -3.54. The van der Waals surface area contributed by atoms with Crippen molar-refractivity contribution in [1.82, 2.24) is 10.0 Å². The van der Waals surface area contributed by atoms with Crippen LogP contribution in [-0.2, 0) is 21.4 Å². The van der Waals surface area contributed by atoms with E-state index in [0.717, 1.165) is 11.1 Å². The average Bonchev–Trinajstić information content (AvgIpc) is 2.85. The topological polar surface area (TPSA) is 87.6 Å². The van der Waals surface area contributed by atoms with Crippen LogP contribution in [-0.4, -0.2) is 26.7 Å². The van der Waals surface area contributed by atoms with E-state index in [1.807, 2.05) is 31.2 Å². The van der Waals surface area contributed by atoms with Gasteiger partial charge in [0.05, 0.1) is 11.4 Å². The van der Waals surface area contributed by atoms with Gasteiger partial charge in [-0.1, -0.05) is 36.4 Å². The van der Waals surface area contributed by atoms with Gasteiger partial charge in [-0.2, -0.15) is 0 Å². The van der Waals surface area contributed by atoms with Crippen LogP contribution in [0.25, 0.3) is 0 Å². The maximum atomic E-state index is 12.0. The van der Waals surface area contributed by atoms with Crippen molar-refractivity contribution in [3.8, 4) is 0 Å². The molecule has 0 saturated carbocycles. The molecule has 0 radical (unpaired) electrons. The first-order chi connectivity index (χ1) is 12.0. The molecule has 3 rings (SSSR count). The van der Waals surface area contributed by atoms with Crippen LogP contribution in [0.15, 0.2) is 58.4 Å². The van der Waals surface area contributed by atoms with Gasteiger partial charge in [-0.05, 0) is 30.2 Å². The minimum Gasteiger partial charge on any atom is -0.352 e. The fourth-order valence-corrected chi connectivity index (χ4v) is 3.86. The lowest BCUT2D eigenvalue weighted by molar-refractivity contribution is -0.121. The molecule has 1 aliphatic rings. The van der Waals surface area contributed by atoms with Crippen LogP contribution in [0.1, 0.15) is 23.1 Å². The number of sulfonamides is 1. The van der Waals surface area contributed by atoms with E-state index in [-0.39, 0.29) is 23.8 Å². The third-order valence-electron chi connectivity index (χ3n) is 4.01. The molecule has 1 aliphatic heterocycles. The van der Waals surface area contributed by atoms with Crippen LogP contribution in [0, 0.1) is 6.92 Å². The van der Waals surface area contributed by atoms with Crippen LogP contribution >= 0.6 is 0 Å². The molecular weight excluding hydrogens is 338 g/mol. The molecule has 0 atom stereocenters. The zero-order valence-corrected chi connectivity index (χ0v) is 14.6. The molecule has 0 aromatic heterocycles. The normalized spacial score (nSPS) is 16.3. The quantitative estimate of drug-likeness (QED) is 0.854. The number of benzene rings is 2. The highest BCUT2D eigenvalue weighted by molar-refractivity contribution is 7.90. The molecule has 1 amide bonds. The number of carbonyl (C=O) groups is 1. The van der Waals surface area contributed by atoms with E-state index in [1.54, 1.807) is 18.2 Å². The van der Waals surface area contributed by atoms with Gasteiger partial charge in [-0.25, -0.2) is 8.42 Å². The number of hydrogen-bond donors (Lipinski definition) is 2. The van der Waals surface area contributed by atoms with E-state index in [9.17, 15) is 13.2 Å². The predicted molar refractivity (Wildman–Crippen MR) is 95.8 cm³/mol. The SMILES string of the molecule is Cc1ccccc1CNC(=O)CCN=C1NS(=O)(=O)c2ccccc21. The molecule has 2 aromatic carbocycles. The van der Waals surface area contributed by atoms with Crippen molar-refractivity contribution in [2.45, 2.75) is 24.8 Å². The van der Waals surface area contributed by atoms with Crippen LogP contribution < -0.4 is 10.0 Å². The standard InChI is InChI=1S/C18H19N3O3S/c1-13-6-2-3-7-14(13)12-20-17(22)10-11-19-18-15-8-4-5-9-16(15)25(23,24)21-18/h2-9H,10-12H2,1H3,(H,19,21)(H,20,22). The molecule has 6 nitrogen and oxygen atoms in total. The van der Waals surface area contributed by atoms with Crippen molar-refractivity contribution in [2.75, 3.05) is 6.54 Å². The van der Waals surface area contributed by atoms with Gasteiger partial charge in [0.1, 0.15) is 5.84 Å². The number of nitrogens with one attached hydrogen (secondary N) is 2. The number of fused-ring (bicyclic) bond motifs is 1. The van der Waals surface area contributed by atoms with Crippen LogP contribution in [0.2, 0.25) is 0 Å². The summed E-state index contributed by atoms with van der Waals surface area (Å²) in [5, 5.41) is 2.85. The summed E-state index contributed by atoms with van der Waals surface area (Å²) >= 11 is 0. The van der Waals surface area contributed by atoms with Gasteiger partial charge < -0.3 is 5.32 Å². The zero-order valence-electron chi connectivity index (χ0n) is 13.8. The lowest BCUT2D eigenvalue weighted by Gasteiger charge is -2.07. The predicted octanol–water partition coefficient (Wildman–Crippen LogP) is 1.74. The van der Waals surface area contributed by atoms with Crippen molar-refractivity contribution in [3.63, 3.8) is 0 Å². The highest BCUT2D eigenvalue weighted by Gasteiger charge is 2.29. The monoisotopic (exact) mass is 357 g/mol. The van der Waals surface area contributed by atoms with Gasteiger partial charge in [0.2, 0.25) is 5.91 Å². The first-order valence-electron chi connectivity index (χ1n) is 7.95. The Bertz CT molecular complexity index is 936. The Hall–Kier alpha value is -2.67. The van der Waals surface area contributed by atoms with Crippen LogP contribution in [0.3, 0.4) is 0 Å². The van der Waals surface area contributed by atoms with Crippen molar-refractivity contribution < 1.29 is 13.2 Å². The minimum atomic E-state index is -3.54. The molecule has 2 aromatic rings. The third-order valence-corrected chi connectivity index (χ3v) is 5.41. The second-order valence-corrected chi connectivity index (χ2v) is 7.44. The first-order valence-corrected chi connectivity index (χ1v) is 9.43. The second-order valence-electron chi connectivity index (χ2n) is 5.79. The summed E-state index contributed by atoms with van der Waals surface area (Å²) in [4.78, 5) is 16.4. The van der Waals surface area contributed by atoms with E-state index >= 15 is 0 Å². The number of amidine groups is 1. The summed E-state index contributed by atoms with van der Waals surface area (Å²) in [5.74, 6) is 0.170. The Morgan fingerprint density at radius 1 is 1.12 bits per heavy atom. The Morgan fingerprint density at radius 3 is 2.64 bits per heavy atom. The summed E-state index contributed by atoms with van der Waals surface area (Å²) in [6.07, 6.45) is 0.194. The van der Waals surface area contributed by atoms with Crippen LogP contribution in [0.4, 0.5) is 0 Å². The minimum absolute atomic E-state index is 0.123. The molecule has 0 bridgehead atoms. The van der Waals surface area contributed by atoms with E-state index in [4.69, 9.17) is 0 Å². The lowest BCUT2D eigenvalue weighted by atomic mass is 10.1. The maximum absolute atomic E-state index is 12.0. The highest BCUT2D eigenvalue weighted by Crippen LogP contribution is 2.22. The van der Waals surface area contributed by atoms with Crippen molar-refractivity contribution in [3.05, 3.63) is 65.2 Å². The number of nitrogens with zero attached hydrogens (tertiary/aromatic N) is 1. The molecular formula is C18H19N3O3S. The van der Waals surface area contributed by atoms with Gasteiger partial charge >= 0.3 is 0 Å². The molecule has 2 N–H and O–H groups in total. The van der Waals surface area contributed by atoms with E-state index in [0.29, 0.717) is 17.9 Å². The molecule has 0 aliphatic carbocycles. The number of hydrogen-bond acceptors (Lipinski definition) is 4. The third kappa shape index (κ3) is 3.88. The highest BCUT2D eigenvalue weighted by atomic mass is 32.2.